The van der Waals surface area contributed by atoms with Crippen LogP contribution in [0.4, 0.5) is 9.80 Å². The number of benzene rings is 1. The minimum Gasteiger partial charge on any atom is -0.444 e. The lowest BCUT2D eigenvalue weighted by molar-refractivity contribution is -0.143. The molecule has 3 amide bonds. The van der Waals surface area contributed by atoms with Crippen LogP contribution in [-0.2, 0) is 14.3 Å². The molecule has 1 aromatic carbocycles. The highest BCUT2D eigenvalue weighted by atomic mass is 32.1. The maximum atomic E-state index is 14.0. The third-order valence-electron chi connectivity index (χ3n) is 6.64. The van der Waals surface area contributed by atoms with Crippen LogP contribution in [0.2, 0.25) is 0 Å². The number of nitrogens with one attached hydrogen (secondary N) is 2. The average molecular weight is 544 g/mol. The summed E-state index contributed by atoms with van der Waals surface area (Å²) in [6.07, 6.45) is 4.14. The number of carbonyl (C=O) groups is 3. The summed E-state index contributed by atoms with van der Waals surface area (Å²) in [6.45, 7) is 11.1. The Kier molecular flexibility index (Phi) is 9.51. The van der Waals surface area contributed by atoms with Crippen LogP contribution in [0.15, 0.2) is 30.3 Å². The van der Waals surface area contributed by atoms with E-state index in [9.17, 15) is 14.4 Å². The molecule has 0 unspecified atom stereocenters. The molecule has 3 rings (SSSR count). The first-order valence-electron chi connectivity index (χ1n) is 13.2. The van der Waals surface area contributed by atoms with Gasteiger partial charge in [0.25, 0.3) is 0 Å². The Morgan fingerprint density at radius 2 is 1.66 bits per heavy atom. The maximum absolute atomic E-state index is 14.0. The van der Waals surface area contributed by atoms with E-state index < -0.39 is 29.2 Å². The fourth-order valence-corrected chi connectivity index (χ4v) is 5.61. The van der Waals surface area contributed by atoms with E-state index in [1.807, 2.05) is 51.1 Å². The highest BCUT2D eigenvalue weighted by Gasteiger charge is 2.42. The van der Waals surface area contributed by atoms with E-state index in [0.717, 1.165) is 49.2 Å². The van der Waals surface area contributed by atoms with Gasteiger partial charge in [0.05, 0.1) is 0 Å². The smallest absolute Gasteiger partial charge is 0.408 e. The lowest BCUT2D eigenvalue weighted by Crippen LogP contribution is -2.59. The maximum Gasteiger partial charge on any atom is 0.408 e. The number of hydrogen-bond donors (Lipinski definition) is 2. The van der Waals surface area contributed by atoms with E-state index in [0.29, 0.717) is 10.7 Å². The third-order valence-corrected chi connectivity index (χ3v) is 7.28. The Bertz CT molecular complexity index is 1100. The second-order valence-corrected chi connectivity index (χ2v) is 12.8. The van der Waals surface area contributed by atoms with Gasteiger partial charge in [0.1, 0.15) is 28.4 Å². The highest BCUT2D eigenvalue weighted by molar-refractivity contribution is 7.10. The molecule has 0 saturated heterocycles. The zero-order valence-electron chi connectivity index (χ0n) is 23.5. The summed E-state index contributed by atoms with van der Waals surface area (Å²) in [5.74, 6) is -0.662. The summed E-state index contributed by atoms with van der Waals surface area (Å²) >= 11 is 1.09. The monoisotopic (exact) mass is 543 g/mol. The number of rotatable bonds is 7. The molecule has 1 aromatic heterocycles. The van der Waals surface area contributed by atoms with Gasteiger partial charge in [0, 0.05) is 24.1 Å². The van der Waals surface area contributed by atoms with Gasteiger partial charge in [-0.3, -0.25) is 9.59 Å². The van der Waals surface area contributed by atoms with Crippen molar-refractivity contribution in [2.24, 2.45) is 11.3 Å². The normalized spacial score (nSPS) is 16.3. The molecule has 0 radical (unpaired) electrons. The second kappa shape index (κ2) is 12.2. The second-order valence-electron chi connectivity index (χ2n) is 12.0. The van der Waals surface area contributed by atoms with E-state index in [2.05, 4.69) is 20.2 Å². The molecule has 0 aliphatic heterocycles. The fourth-order valence-electron chi connectivity index (χ4n) is 5.02. The van der Waals surface area contributed by atoms with Crippen molar-refractivity contribution >= 4 is 34.4 Å². The molecule has 9 nitrogen and oxygen atoms in total. The van der Waals surface area contributed by atoms with Crippen LogP contribution < -0.4 is 10.6 Å². The van der Waals surface area contributed by atoms with Crippen molar-refractivity contribution in [3.63, 3.8) is 0 Å². The molecular formula is C28H41N5O4S. The highest BCUT2D eigenvalue weighted by Crippen LogP contribution is 2.33. The van der Waals surface area contributed by atoms with Crippen molar-refractivity contribution in [2.45, 2.75) is 91.3 Å². The lowest BCUT2D eigenvalue weighted by atomic mass is 9.81. The molecule has 1 aliphatic carbocycles. The van der Waals surface area contributed by atoms with E-state index >= 15 is 0 Å². The van der Waals surface area contributed by atoms with Crippen molar-refractivity contribution in [3.05, 3.63) is 30.3 Å². The van der Waals surface area contributed by atoms with Crippen molar-refractivity contribution in [2.75, 3.05) is 12.4 Å². The van der Waals surface area contributed by atoms with Crippen LogP contribution in [-0.4, -0.2) is 57.1 Å². The molecule has 2 aromatic rings. The first-order valence-corrected chi connectivity index (χ1v) is 14.0. The number of aromatic nitrogens is 2. The Hall–Kier alpha value is -3.01. The van der Waals surface area contributed by atoms with Gasteiger partial charge in [0.15, 0.2) is 0 Å². The van der Waals surface area contributed by atoms with Crippen molar-refractivity contribution in [1.29, 1.82) is 0 Å². The molecule has 208 valence electrons. The number of carbonyl (C=O) groups excluding carboxylic acids is 3. The van der Waals surface area contributed by atoms with Gasteiger partial charge < -0.3 is 20.3 Å². The molecule has 0 bridgehead atoms. The molecule has 1 saturated carbocycles. The van der Waals surface area contributed by atoms with E-state index in [-0.39, 0.29) is 17.7 Å². The van der Waals surface area contributed by atoms with Crippen LogP contribution in [0, 0.1) is 11.3 Å². The molecule has 10 heteroatoms. The summed E-state index contributed by atoms with van der Waals surface area (Å²) in [7, 11) is 1.63. The molecule has 1 aliphatic rings. The van der Waals surface area contributed by atoms with Gasteiger partial charge in [-0.1, -0.05) is 74.9 Å². The third kappa shape index (κ3) is 7.75. The van der Waals surface area contributed by atoms with Gasteiger partial charge in [-0.05, 0) is 44.9 Å². The Balaban J connectivity index is 1.85. The first kappa shape index (κ1) is 29.5. The van der Waals surface area contributed by atoms with Gasteiger partial charge in [0.2, 0.25) is 11.8 Å². The molecule has 2 N–H and O–H groups in total. The summed E-state index contributed by atoms with van der Waals surface area (Å²) in [5, 5.41) is 10.5. The Labute approximate surface area is 229 Å². The number of ether oxygens (including phenoxy) is 1. The molecule has 0 spiro atoms. The molecule has 1 heterocycles. The zero-order chi connectivity index (χ0) is 28.1. The number of amides is 3. The van der Waals surface area contributed by atoms with E-state index in [4.69, 9.17) is 4.74 Å². The molecule has 2 atom stereocenters. The number of hydrogen-bond acceptors (Lipinski definition) is 7. The predicted molar refractivity (Wildman–Crippen MR) is 150 cm³/mol. The van der Waals surface area contributed by atoms with Crippen LogP contribution in [0.25, 0.3) is 11.3 Å². The molecular weight excluding hydrogens is 502 g/mol. The predicted octanol–water partition coefficient (Wildman–Crippen LogP) is 5.49. The Morgan fingerprint density at radius 1 is 1.03 bits per heavy atom. The van der Waals surface area contributed by atoms with Crippen molar-refractivity contribution in [3.8, 4) is 11.3 Å². The molecule has 38 heavy (non-hydrogen) atoms. The van der Waals surface area contributed by atoms with Crippen molar-refractivity contribution < 1.29 is 19.1 Å². The summed E-state index contributed by atoms with van der Waals surface area (Å²) in [6, 6.07) is 7.92. The first-order chi connectivity index (χ1) is 17.8. The van der Waals surface area contributed by atoms with Gasteiger partial charge in [-0.15, -0.1) is 5.10 Å². The van der Waals surface area contributed by atoms with Crippen LogP contribution in [0.5, 0.6) is 0 Å². The Morgan fingerprint density at radius 3 is 2.24 bits per heavy atom. The minimum absolute atomic E-state index is 0.0229. The zero-order valence-corrected chi connectivity index (χ0v) is 24.4. The number of alkyl carbamates (subject to hydrolysis) is 1. The van der Waals surface area contributed by atoms with E-state index in [1.54, 1.807) is 27.8 Å². The average Bonchev–Trinajstić information content (AvgIpc) is 3.29. The molecule has 1 fully saturated rings. The summed E-state index contributed by atoms with van der Waals surface area (Å²) in [5.41, 5.74) is 0.135. The number of nitrogens with zero attached hydrogens (tertiary/aromatic N) is 3. The summed E-state index contributed by atoms with van der Waals surface area (Å²) < 4.78 is 9.52. The van der Waals surface area contributed by atoms with Gasteiger partial charge >= 0.3 is 6.09 Å². The topological polar surface area (TPSA) is 114 Å². The number of likely N-dealkylation sites (N-methyl/N-ethyl adjacent to an activating group) is 1. The van der Waals surface area contributed by atoms with Crippen molar-refractivity contribution in [1.82, 2.24) is 19.8 Å². The largest absolute Gasteiger partial charge is 0.444 e. The lowest BCUT2D eigenvalue weighted by Gasteiger charge is -2.40. The summed E-state index contributed by atoms with van der Waals surface area (Å²) in [4.78, 5) is 41.9. The van der Waals surface area contributed by atoms with Crippen LogP contribution in [0.3, 0.4) is 0 Å². The van der Waals surface area contributed by atoms with Gasteiger partial charge in [-0.2, -0.15) is 0 Å². The van der Waals surface area contributed by atoms with Crippen LogP contribution >= 0.6 is 11.5 Å². The van der Waals surface area contributed by atoms with Crippen LogP contribution in [0.1, 0.15) is 73.6 Å². The minimum atomic E-state index is -0.813. The fraction of sp³-hybridized carbons (Fsp3) is 0.607. The van der Waals surface area contributed by atoms with Gasteiger partial charge in [-0.25, -0.2) is 4.79 Å². The van der Waals surface area contributed by atoms with E-state index in [1.165, 1.54) is 4.90 Å². The SMILES string of the molecule is CN(C(=O)[C@@H](NC(=O)OC(C)(C)C)C1CCCCC1)[C@H](C(=O)Nc1snnc1-c1ccccc1)C(C)(C)C. The number of anilines is 1. The quantitative estimate of drug-likeness (QED) is 0.477. The standard InChI is InChI=1S/C28H41N5O4S/c1-27(2,3)22(23(34)30-24-20(31-32-38-24)18-14-10-8-11-15-18)33(7)25(35)21(19-16-12-9-13-17-19)29-26(36)37-28(4,5)6/h8,10-11,14-15,19,21-22H,9,12-13,16-17H2,1-7H3,(H,29,36)(H,30,34)/t21-,22+/m0/s1.